The average Bonchev–Trinajstić information content (AvgIpc) is 2.68. The fraction of sp³-hybridized carbons (Fsp3) is 0.182. The number of nitrogens with zero attached hydrogens (tertiary/aromatic N) is 1. The van der Waals surface area contributed by atoms with Gasteiger partial charge >= 0.3 is 0 Å². The maximum absolute atomic E-state index is 10.0. The van der Waals surface area contributed by atoms with E-state index in [0.29, 0.717) is 23.3 Å². The number of ether oxygens (including phenoxy) is 1. The molecule has 2 rings (SSSR count). The Hall–Kier alpha value is -2.01. The Morgan fingerprint density at radius 2 is 2.25 bits per heavy atom. The van der Waals surface area contributed by atoms with Gasteiger partial charge in [0.05, 0.1) is 18.4 Å². The predicted molar refractivity (Wildman–Crippen MR) is 58.7 cm³/mol. The molecule has 0 saturated heterocycles. The summed E-state index contributed by atoms with van der Waals surface area (Å²) in [7, 11) is 1.57. The standard InChI is InChI=1S/C11H12N2O3/c1-15-6-7-3-2-4-8(10(7)14)9-5-13-16-11(9)12/h2-5,14H,6,12H2,1H3. The fourth-order valence-electron chi connectivity index (χ4n) is 1.53. The zero-order chi connectivity index (χ0) is 11.5. The van der Waals surface area contributed by atoms with Crippen molar-refractivity contribution in [2.24, 2.45) is 0 Å². The predicted octanol–water partition coefficient (Wildman–Crippen LogP) is 1.78. The van der Waals surface area contributed by atoms with Gasteiger partial charge < -0.3 is 20.1 Å². The van der Waals surface area contributed by atoms with Crippen molar-refractivity contribution < 1.29 is 14.4 Å². The molecule has 0 unspecified atom stereocenters. The van der Waals surface area contributed by atoms with Crippen molar-refractivity contribution in [3.63, 3.8) is 0 Å². The average molecular weight is 220 g/mol. The molecule has 2 aromatic rings. The summed E-state index contributed by atoms with van der Waals surface area (Å²) in [6, 6.07) is 5.35. The largest absolute Gasteiger partial charge is 0.507 e. The fourth-order valence-corrected chi connectivity index (χ4v) is 1.53. The monoisotopic (exact) mass is 220 g/mol. The van der Waals surface area contributed by atoms with Gasteiger partial charge in [0.2, 0.25) is 5.88 Å². The minimum Gasteiger partial charge on any atom is -0.507 e. The third-order valence-corrected chi connectivity index (χ3v) is 2.31. The minimum atomic E-state index is 0.138. The molecule has 0 aliphatic rings. The van der Waals surface area contributed by atoms with Crippen LogP contribution >= 0.6 is 0 Å². The lowest BCUT2D eigenvalue weighted by atomic mass is 10.0. The molecule has 0 fully saturated rings. The normalized spacial score (nSPS) is 10.6. The molecule has 0 amide bonds. The zero-order valence-corrected chi connectivity index (χ0v) is 8.80. The summed E-state index contributed by atoms with van der Waals surface area (Å²) >= 11 is 0. The highest BCUT2D eigenvalue weighted by Gasteiger charge is 2.13. The van der Waals surface area contributed by atoms with Crippen molar-refractivity contribution >= 4 is 5.88 Å². The second-order valence-corrected chi connectivity index (χ2v) is 3.35. The van der Waals surface area contributed by atoms with E-state index in [4.69, 9.17) is 15.0 Å². The molecule has 0 bridgehead atoms. The van der Waals surface area contributed by atoms with Crippen LogP contribution in [0.3, 0.4) is 0 Å². The molecule has 1 aromatic heterocycles. The number of phenols is 1. The van der Waals surface area contributed by atoms with E-state index in [-0.39, 0.29) is 11.6 Å². The first kappa shape index (κ1) is 10.5. The second kappa shape index (κ2) is 4.24. The third-order valence-electron chi connectivity index (χ3n) is 2.31. The van der Waals surface area contributed by atoms with Crippen LogP contribution < -0.4 is 5.73 Å². The van der Waals surface area contributed by atoms with Gasteiger partial charge in [-0.15, -0.1) is 0 Å². The summed E-state index contributed by atoms with van der Waals surface area (Å²) in [6.07, 6.45) is 1.47. The highest BCUT2D eigenvalue weighted by molar-refractivity contribution is 5.77. The number of nitrogens with two attached hydrogens (primary N) is 1. The van der Waals surface area contributed by atoms with E-state index in [1.54, 1.807) is 19.2 Å². The maximum atomic E-state index is 10.0. The van der Waals surface area contributed by atoms with Crippen LogP contribution in [0, 0.1) is 0 Å². The third kappa shape index (κ3) is 1.72. The van der Waals surface area contributed by atoms with Gasteiger partial charge in [-0.3, -0.25) is 0 Å². The molecule has 16 heavy (non-hydrogen) atoms. The first-order chi connectivity index (χ1) is 7.74. The lowest BCUT2D eigenvalue weighted by Crippen LogP contribution is -1.91. The van der Waals surface area contributed by atoms with Gasteiger partial charge in [0, 0.05) is 18.2 Å². The first-order valence-corrected chi connectivity index (χ1v) is 4.74. The van der Waals surface area contributed by atoms with Crippen LogP contribution in [0.5, 0.6) is 5.75 Å². The highest BCUT2D eigenvalue weighted by Crippen LogP contribution is 2.35. The number of nitrogen functional groups attached to an aromatic ring is 1. The molecule has 5 heteroatoms. The molecule has 5 nitrogen and oxygen atoms in total. The molecule has 0 spiro atoms. The van der Waals surface area contributed by atoms with Gasteiger partial charge in [-0.1, -0.05) is 23.4 Å². The van der Waals surface area contributed by atoms with Crippen molar-refractivity contribution in [3.8, 4) is 16.9 Å². The Bertz CT molecular complexity index is 494. The second-order valence-electron chi connectivity index (χ2n) is 3.35. The minimum absolute atomic E-state index is 0.138. The van der Waals surface area contributed by atoms with Gasteiger partial charge in [0.1, 0.15) is 5.75 Å². The maximum Gasteiger partial charge on any atom is 0.230 e. The molecule has 0 radical (unpaired) electrons. The summed E-state index contributed by atoms with van der Waals surface area (Å²) in [5.41, 5.74) is 7.46. The Morgan fingerprint density at radius 1 is 1.44 bits per heavy atom. The molecule has 3 N–H and O–H groups in total. The molecule has 0 aliphatic carbocycles. The molecule has 0 saturated carbocycles. The van der Waals surface area contributed by atoms with E-state index in [9.17, 15) is 5.11 Å². The lowest BCUT2D eigenvalue weighted by molar-refractivity contribution is 0.182. The summed E-state index contributed by atoms with van der Waals surface area (Å²) in [6.45, 7) is 0.338. The van der Waals surface area contributed by atoms with Crippen LogP contribution in [0.4, 0.5) is 5.88 Å². The summed E-state index contributed by atoms with van der Waals surface area (Å²) in [5, 5.41) is 13.6. The van der Waals surface area contributed by atoms with Gasteiger partial charge in [-0.05, 0) is 0 Å². The van der Waals surface area contributed by atoms with Gasteiger partial charge in [-0.25, -0.2) is 0 Å². The first-order valence-electron chi connectivity index (χ1n) is 4.74. The van der Waals surface area contributed by atoms with Crippen LogP contribution in [0.1, 0.15) is 5.56 Å². The number of hydrogen-bond acceptors (Lipinski definition) is 5. The Kier molecular flexibility index (Phi) is 2.78. The van der Waals surface area contributed by atoms with E-state index >= 15 is 0 Å². The number of anilines is 1. The highest BCUT2D eigenvalue weighted by atomic mass is 16.5. The Labute approximate surface area is 92.4 Å². The molecule has 1 aromatic carbocycles. The molecule has 1 heterocycles. The molecular weight excluding hydrogens is 208 g/mol. The van der Waals surface area contributed by atoms with Crippen LogP contribution in [0.15, 0.2) is 28.9 Å². The SMILES string of the molecule is COCc1cccc(-c2cnoc2N)c1O. The topological polar surface area (TPSA) is 81.5 Å². The van der Waals surface area contributed by atoms with Gasteiger partial charge in [-0.2, -0.15) is 0 Å². The van der Waals surface area contributed by atoms with E-state index in [1.807, 2.05) is 6.07 Å². The summed E-state index contributed by atoms with van der Waals surface area (Å²) in [5.74, 6) is 0.323. The number of aromatic nitrogens is 1. The van der Waals surface area contributed by atoms with Crippen molar-refractivity contribution in [1.29, 1.82) is 0 Å². The number of para-hydroxylation sites is 1. The molecule has 84 valence electrons. The zero-order valence-electron chi connectivity index (χ0n) is 8.80. The van der Waals surface area contributed by atoms with E-state index in [0.717, 1.165) is 0 Å². The summed E-state index contributed by atoms with van der Waals surface area (Å²) < 4.78 is 9.74. The number of hydrogen-bond donors (Lipinski definition) is 2. The van der Waals surface area contributed by atoms with E-state index < -0.39 is 0 Å². The molecular formula is C11H12N2O3. The smallest absolute Gasteiger partial charge is 0.230 e. The summed E-state index contributed by atoms with van der Waals surface area (Å²) in [4.78, 5) is 0. The lowest BCUT2D eigenvalue weighted by Gasteiger charge is -2.07. The van der Waals surface area contributed by atoms with Crippen LogP contribution in [0.2, 0.25) is 0 Å². The van der Waals surface area contributed by atoms with E-state index in [1.165, 1.54) is 6.20 Å². The molecule has 0 atom stereocenters. The number of aromatic hydroxyl groups is 1. The van der Waals surface area contributed by atoms with Crippen LogP contribution in [0.25, 0.3) is 11.1 Å². The van der Waals surface area contributed by atoms with E-state index in [2.05, 4.69) is 5.16 Å². The Balaban J connectivity index is 2.50. The Morgan fingerprint density at radius 3 is 2.88 bits per heavy atom. The van der Waals surface area contributed by atoms with Crippen molar-refractivity contribution in [2.75, 3.05) is 12.8 Å². The van der Waals surface area contributed by atoms with Crippen LogP contribution in [-0.2, 0) is 11.3 Å². The number of phenolic OH excluding ortho intramolecular Hbond substituents is 1. The van der Waals surface area contributed by atoms with Gasteiger partial charge in [0.15, 0.2) is 0 Å². The van der Waals surface area contributed by atoms with Crippen molar-refractivity contribution in [1.82, 2.24) is 5.16 Å². The molecule has 0 aliphatic heterocycles. The number of methoxy groups -OCH3 is 1. The number of benzene rings is 1. The quantitative estimate of drug-likeness (QED) is 0.823. The van der Waals surface area contributed by atoms with Crippen molar-refractivity contribution in [3.05, 3.63) is 30.0 Å². The van der Waals surface area contributed by atoms with Crippen molar-refractivity contribution in [2.45, 2.75) is 6.61 Å². The van der Waals surface area contributed by atoms with Crippen LogP contribution in [-0.4, -0.2) is 17.4 Å². The van der Waals surface area contributed by atoms with Gasteiger partial charge in [0.25, 0.3) is 0 Å². The number of rotatable bonds is 3.